The summed E-state index contributed by atoms with van der Waals surface area (Å²) in [6.07, 6.45) is 7.22. The minimum absolute atomic E-state index is 0.0878. The Morgan fingerprint density at radius 2 is 1.59 bits per heavy atom. The van der Waals surface area contributed by atoms with Crippen LogP contribution < -0.4 is 10.6 Å². The molecule has 0 aliphatic heterocycles. The van der Waals surface area contributed by atoms with E-state index in [9.17, 15) is 18.5 Å². The van der Waals surface area contributed by atoms with E-state index in [1.165, 1.54) is 6.26 Å². The van der Waals surface area contributed by atoms with Crippen molar-refractivity contribution in [1.82, 2.24) is 15.3 Å². The summed E-state index contributed by atoms with van der Waals surface area (Å²) in [4.78, 5) is 21.5. The molecule has 4 rings (SSSR count). The van der Waals surface area contributed by atoms with Crippen LogP contribution in [-0.4, -0.2) is 30.7 Å². The second kappa shape index (κ2) is 9.61. The highest BCUT2D eigenvalue weighted by atomic mass is 32.2. The van der Waals surface area contributed by atoms with Crippen molar-refractivity contribution in [3.05, 3.63) is 72.3 Å². The molecule has 1 saturated carbocycles. The molecule has 8 nitrogen and oxygen atoms in total. The molecule has 2 amide bonds. The van der Waals surface area contributed by atoms with Gasteiger partial charge in [0.15, 0.2) is 9.84 Å². The Bertz CT molecular complexity index is 1320. The molecule has 1 aliphatic carbocycles. The van der Waals surface area contributed by atoms with Crippen LogP contribution in [0.25, 0.3) is 11.1 Å². The molecule has 0 spiro atoms. The molecule has 174 valence electrons. The van der Waals surface area contributed by atoms with Crippen molar-refractivity contribution >= 4 is 21.6 Å². The van der Waals surface area contributed by atoms with Gasteiger partial charge in [-0.05, 0) is 54.3 Å². The molecule has 0 unspecified atom stereocenters. The quantitative estimate of drug-likeness (QED) is 0.563. The monoisotopic (exact) mass is 475 g/mol. The van der Waals surface area contributed by atoms with Crippen LogP contribution in [0.4, 0.5) is 10.5 Å². The van der Waals surface area contributed by atoms with Crippen LogP contribution in [-0.2, 0) is 15.4 Å². The van der Waals surface area contributed by atoms with Crippen LogP contribution in [0.2, 0.25) is 0 Å². The number of carbonyl (C=O) groups is 1. The highest BCUT2D eigenvalue weighted by molar-refractivity contribution is 7.90. The second-order valence-corrected chi connectivity index (χ2v) is 10.5. The Balaban J connectivity index is 1.48. The molecule has 2 N–H and O–H groups in total. The topological polar surface area (TPSA) is 125 Å². The molecular formula is C25H25N5O3S. The third kappa shape index (κ3) is 5.24. The van der Waals surface area contributed by atoms with E-state index in [4.69, 9.17) is 0 Å². The number of sulfone groups is 1. The van der Waals surface area contributed by atoms with Crippen molar-refractivity contribution in [1.29, 1.82) is 5.26 Å². The first-order valence-electron chi connectivity index (χ1n) is 11.0. The highest BCUT2D eigenvalue weighted by Gasteiger charge is 2.37. The van der Waals surface area contributed by atoms with Crippen molar-refractivity contribution in [2.45, 2.75) is 42.5 Å². The Morgan fingerprint density at radius 3 is 2.18 bits per heavy atom. The number of hydrogen-bond donors (Lipinski definition) is 2. The van der Waals surface area contributed by atoms with Crippen LogP contribution >= 0.6 is 0 Å². The van der Waals surface area contributed by atoms with Crippen LogP contribution in [0.15, 0.2) is 65.7 Å². The Kier molecular flexibility index (Phi) is 6.61. The SMILES string of the molecule is CS(=O)(=O)c1ccc(-c2ccc(NC(=O)NC3(c4ccnc(C#N)n4)CCCCC3)cc2)cc1. The van der Waals surface area contributed by atoms with Gasteiger partial charge in [-0.3, -0.25) is 0 Å². The summed E-state index contributed by atoms with van der Waals surface area (Å²) >= 11 is 0. The van der Waals surface area contributed by atoms with Crippen molar-refractivity contribution in [3.8, 4) is 17.2 Å². The standard InChI is InChI=1S/C25H25N5O3S/c1-34(32,33)21-11-7-19(8-12-21)18-5-9-20(10-6-18)28-24(31)30-25(14-3-2-4-15-25)22-13-16-27-23(17-26)29-22/h5-13,16H,2-4,14-15H2,1H3,(H2,28,30,31). The lowest BCUT2D eigenvalue weighted by molar-refractivity contribution is 0.209. The number of nitriles is 1. The zero-order valence-electron chi connectivity index (χ0n) is 18.8. The van der Waals surface area contributed by atoms with Crippen LogP contribution in [0.1, 0.15) is 43.6 Å². The zero-order chi connectivity index (χ0) is 24.2. The molecular weight excluding hydrogens is 450 g/mol. The van der Waals surface area contributed by atoms with Crippen molar-refractivity contribution < 1.29 is 13.2 Å². The van der Waals surface area contributed by atoms with Gasteiger partial charge >= 0.3 is 6.03 Å². The van der Waals surface area contributed by atoms with Gasteiger partial charge in [-0.1, -0.05) is 43.5 Å². The average molecular weight is 476 g/mol. The number of nitrogens with one attached hydrogen (secondary N) is 2. The molecule has 0 atom stereocenters. The smallest absolute Gasteiger partial charge is 0.319 e. The highest BCUT2D eigenvalue weighted by Crippen LogP contribution is 2.36. The van der Waals surface area contributed by atoms with Gasteiger partial charge in [0.2, 0.25) is 5.82 Å². The largest absolute Gasteiger partial charge is 0.327 e. The second-order valence-electron chi connectivity index (χ2n) is 8.47. The summed E-state index contributed by atoms with van der Waals surface area (Å²) in [5.74, 6) is 0.0878. The van der Waals surface area contributed by atoms with E-state index >= 15 is 0 Å². The van der Waals surface area contributed by atoms with E-state index < -0.39 is 15.4 Å². The van der Waals surface area contributed by atoms with E-state index in [0.29, 0.717) is 11.4 Å². The first-order chi connectivity index (χ1) is 16.3. The van der Waals surface area contributed by atoms with Gasteiger partial charge < -0.3 is 10.6 Å². The number of urea groups is 1. The van der Waals surface area contributed by atoms with Crippen LogP contribution in [0, 0.1) is 11.3 Å². The molecule has 34 heavy (non-hydrogen) atoms. The fraction of sp³-hybridized carbons (Fsp3) is 0.280. The van der Waals surface area contributed by atoms with E-state index in [-0.39, 0.29) is 16.8 Å². The predicted molar refractivity (Wildman–Crippen MR) is 129 cm³/mol. The number of carbonyl (C=O) groups excluding carboxylic acids is 1. The maximum Gasteiger partial charge on any atom is 0.319 e. The lowest BCUT2D eigenvalue weighted by atomic mass is 9.79. The minimum Gasteiger partial charge on any atom is -0.327 e. The van der Waals surface area contributed by atoms with Crippen molar-refractivity contribution in [3.63, 3.8) is 0 Å². The summed E-state index contributed by atoms with van der Waals surface area (Å²) in [7, 11) is -3.24. The summed E-state index contributed by atoms with van der Waals surface area (Å²) in [5, 5.41) is 15.2. The fourth-order valence-corrected chi connectivity index (χ4v) is 4.93. The van der Waals surface area contributed by atoms with Gasteiger partial charge in [-0.25, -0.2) is 23.2 Å². The van der Waals surface area contributed by atoms with E-state index in [1.807, 2.05) is 18.2 Å². The maximum absolute atomic E-state index is 12.9. The molecule has 1 aliphatic rings. The third-order valence-corrected chi connectivity index (χ3v) is 7.19. The van der Waals surface area contributed by atoms with E-state index in [0.717, 1.165) is 43.2 Å². The van der Waals surface area contributed by atoms with E-state index in [2.05, 4.69) is 20.6 Å². The molecule has 2 aromatic carbocycles. The van der Waals surface area contributed by atoms with Crippen molar-refractivity contribution in [2.24, 2.45) is 0 Å². The van der Waals surface area contributed by atoms with E-state index in [1.54, 1.807) is 48.7 Å². The van der Waals surface area contributed by atoms with Gasteiger partial charge in [0.25, 0.3) is 0 Å². The van der Waals surface area contributed by atoms with Crippen LogP contribution in [0.5, 0.6) is 0 Å². The fourth-order valence-electron chi connectivity index (χ4n) is 4.30. The molecule has 0 radical (unpaired) electrons. The lowest BCUT2D eigenvalue weighted by Crippen LogP contribution is -2.49. The van der Waals surface area contributed by atoms with Gasteiger partial charge in [0.1, 0.15) is 6.07 Å². The van der Waals surface area contributed by atoms with Gasteiger partial charge in [-0.2, -0.15) is 5.26 Å². The van der Waals surface area contributed by atoms with Crippen LogP contribution in [0.3, 0.4) is 0 Å². The summed E-state index contributed by atoms with van der Waals surface area (Å²) < 4.78 is 23.3. The van der Waals surface area contributed by atoms with Gasteiger partial charge in [0.05, 0.1) is 16.1 Å². The first-order valence-corrected chi connectivity index (χ1v) is 12.9. The van der Waals surface area contributed by atoms with Gasteiger partial charge in [0, 0.05) is 18.1 Å². The Morgan fingerprint density at radius 1 is 0.971 bits per heavy atom. The molecule has 1 fully saturated rings. The maximum atomic E-state index is 12.9. The molecule has 1 heterocycles. The van der Waals surface area contributed by atoms with Gasteiger partial charge in [-0.15, -0.1) is 0 Å². The Hall–Kier alpha value is -3.77. The molecule has 3 aromatic rings. The number of amides is 2. The Labute approximate surface area is 199 Å². The average Bonchev–Trinajstić information content (AvgIpc) is 2.84. The number of hydrogen-bond acceptors (Lipinski definition) is 6. The zero-order valence-corrected chi connectivity index (χ0v) is 19.6. The number of nitrogens with zero attached hydrogens (tertiary/aromatic N) is 3. The normalized spacial score (nSPS) is 15.2. The summed E-state index contributed by atoms with van der Waals surface area (Å²) in [6, 6.07) is 17.4. The number of anilines is 1. The number of benzene rings is 2. The van der Waals surface area contributed by atoms with Crippen molar-refractivity contribution in [2.75, 3.05) is 11.6 Å². The molecule has 0 bridgehead atoms. The summed E-state index contributed by atoms with van der Waals surface area (Å²) in [5.41, 5.74) is 2.42. The molecule has 9 heteroatoms. The predicted octanol–water partition coefficient (Wildman–Crippen LogP) is 4.40. The molecule has 1 aromatic heterocycles. The first kappa shape index (κ1) is 23.4. The third-order valence-electron chi connectivity index (χ3n) is 6.06. The number of aromatic nitrogens is 2. The summed E-state index contributed by atoms with van der Waals surface area (Å²) in [6.45, 7) is 0. The minimum atomic E-state index is -3.24. The number of rotatable bonds is 5. The molecule has 0 saturated heterocycles. The lowest BCUT2D eigenvalue weighted by Gasteiger charge is -2.37.